The number of esters is 1. The van der Waals surface area contributed by atoms with Crippen LogP contribution >= 0.6 is 0 Å². The van der Waals surface area contributed by atoms with E-state index in [9.17, 15) is 4.79 Å². The molecule has 0 spiro atoms. The van der Waals surface area contributed by atoms with Gasteiger partial charge < -0.3 is 14.8 Å². The van der Waals surface area contributed by atoms with Gasteiger partial charge in [-0.05, 0) is 36.5 Å². The standard InChI is InChI=1S/C14H17NO3/c16-14(13-9-15-7-8-17-13)18-12-6-2-4-10-3-1-5-11(10)12/h2,4,6,13,15H,1,3,5,7-9H2. The second-order valence-electron chi connectivity index (χ2n) is 4.73. The molecule has 1 fully saturated rings. The number of rotatable bonds is 2. The molecule has 4 heteroatoms. The predicted molar refractivity (Wildman–Crippen MR) is 66.7 cm³/mol. The second kappa shape index (κ2) is 5.08. The van der Waals surface area contributed by atoms with Gasteiger partial charge in [-0.1, -0.05) is 12.1 Å². The van der Waals surface area contributed by atoms with E-state index in [-0.39, 0.29) is 5.97 Å². The van der Waals surface area contributed by atoms with E-state index in [1.807, 2.05) is 12.1 Å². The van der Waals surface area contributed by atoms with Gasteiger partial charge in [-0.3, -0.25) is 0 Å². The van der Waals surface area contributed by atoms with Crippen molar-refractivity contribution < 1.29 is 14.3 Å². The Hall–Kier alpha value is -1.39. The van der Waals surface area contributed by atoms with E-state index >= 15 is 0 Å². The van der Waals surface area contributed by atoms with E-state index in [0.717, 1.165) is 25.8 Å². The number of morpholine rings is 1. The first-order chi connectivity index (χ1) is 8.84. The van der Waals surface area contributed by atoms with E-state index < -0.39 is 6.10 Å². The number of carbonyl (C=O) groups is 1. The van der Waals surface area contributed by atoms with Crippen molar-refractivity contribution in [2.75, 3.05) is 19.7 Å². The first-order valence-electron chi connectivity index (χ1n) is 6.49. The summed E-state index contributed by atoms with van der Waals surface area (Å²) in [6.45, 7) is 1.89. The van der Waals surface area contributed by atoms with Crippen LogP contribution in [0, 0.1) is 0 Å². The molecule has 0 radical (unpaired) electrons. The zero-order valence-electron chi connectivity index (χ0n) is 10.3. The molecule has 1 N–H and O–H groups in total. The summed E-state index contributed by atoms with van der Waals surface area (Å²) in [6, 6.07) is 5.93. The Balaban J connectivity index is 1.72. The molecule has 1 aliphatic carbocycles. The number of benzene rings is 1. The van der Waals surface area contributed by atoms with Gasteiger partial charge in [-0.2, -0.15) is 0 Å². The fraction of sp³-hybridized carbons (Fsp3) is 0.500. The zero-order valence-corrected chi connectivity index (χ0v) is 10.3. The van der Waals surface area contributed by atoms with Crippen LogP contribution in [0.2, 0.25) is 0 Å². The number of carbonyl (C=O) groups excluding carboxylic acids is 1. The number of nitrogens with one attached hydrogen (secondary N) is 1. The highest BCUT2D eigenvalue weighted by atomic mass is 16.6. The largest absolute Gasteiger partial charge is 0.424 e. The number of hydrogen-bond acceptors (Lipinski definition) is 4. The van der Waals surface area contributed by atoms with Crippen molar-refractivity contribution in [2.24, 2.45) is 0 Å². The Morgan fingerprint density at radius 1 is 1.39 bits per heavy atom. The molecule has 0 saturated carbocycles. The van der Waals surface area contributed by atoms with Crippen LogP contribution in [0.15, 0.2) is 18.2 Å². The molecule has 2 aliphatic rings. The van der Waals surface area contributed by atoms with Crippen molar-refractivity contribution in [2.45, 2.75) is 25.4 Å². The van der Waals surface area contributed by atoms with Crippen LogP contribution in [0.5, 0.6) is 5.75 Å². The van der Waals surface area contributed by atoms with Crippen molar-refractivity contribution in [1.29, 1.82) is 0 Å². The molecule has 0 amide bonds. The van der Waals surface area contributed by atoms with Gasteiger partial charge in [0, 0.05) is 13.1 Å². The van der Waals surface area contributed by atoms with E-state index in [1.165, 1.54) is 11.1 Å². The molecule has 1 atom stereocenters. The van der Waals surface area contributed by atoms with Crippen molar-refractivity contribution in [3.8, 4) is 5.75 Å². The molecule has 0 bridgehead atoms. The third kappa shape index (κ3) is 2.26. The Labute approximate surface area is 106 Å². The molecule has 1 unspecified atom stereocenters. The Bertz CT molecular complexity index is 452. The van der Waals surface area contributed by atoms with Crippen molar-refractivity contribution in [1.82, 2.24) is 5.32 Å². The normalized spacial score (nSPS) is 22.6. The van der Waals surface area contributed by atoms with Crippen LogP contribution in [0.1, 0.15) is 17.5 Å². The molecule has 4 nitrogen and oxygen atoms in total. The molecule has 1 saturated heterocycles. The maximum atomic E-state index is 12.0. The highest BCUT2D eigenvalue weighted by Crippen LogP contribution is 2.30. The lowest BCUT2D eigenvalue weighted by Crippen LogP contribution is -2.44. The summed E-state index contributed by atoms with van der Waals surface area (Å²) in [5.74, 6) is 0.423. The van der Waals surface area contributed by atoms with Gasteiger partial charge in [0.25, 0.3) is 0 Å². The number of hydrogen-bond donors (Lipinski definition) is 1. The van der Waals surface area contributed by atoms with Crippen LogP contribution in [-0.2, 0) is 22.4 Å². The quantitative estimate of drug-likeness (QED) is 0.627. The van der Waals surface area contributed by atoms with Crippen molar-refractivity contribution >= 4 is 5.97 Å². The van der Waals surface area contributed by atoms with Gasteiger partial charge in [0.05, 0.1) is 6.61 Å². The zero-order chi connectivity index (χ0) is 12.4. The van der Waals surface area contributed by atoms with Gasteiger partial charge in [0.1, 0.15) is 5.75 Å². The topological polar surface area (TPSA) is 47.6 Å². The molecule has 0 aromatic heterocycles. The lowest BCUT2D eigenvalue weighted by Gasteiger charge is -2.22. The summed E-state index contributed by atoms with van der Waals surface area (Å²) in [5.41, 5.74) is 2.50. The summed E-state index contributed by atoms with van der Waals surface area (Å²) < 4.78 is 10.9. The maximum Gasteiger partial charge on any atom is 0.341 e. The predicted octanol–water partition coefficient (Wildman–Crippen LogP) is 1.07. The molecule has 1 aromatic carbocycles. The first kappa shape index (κ1) is 11.7. The molecule has 3 rings (SSSR count). The van der Waals surface area contributed by atoms with E-state index in [1.54, 1.807) is 0 Å². The van der Waals surface area contributed by atoms with Gasteiger partial charge in [-0.25, -0.2) is 4.79 Å². The molecule has 1 aliphatic heterocycles. The first-order valence-corrected chi connectivity index (χ1v) is 6.49. The van der Waals surface area contributed by atoms with E-state index in [0.29, 0.717) is 18.9 Å². The SMILES string of the molecule is O=C(Oc1cccc2c1CCC2)C1CNCCO1. The van der Waals surface area contributed by atoms with Gasteiger partial charge in [0.15, 0.2) is 6.10 Å². The third-order valence-electron chi connectivity index (χ3n) is 3.50. The Morgan fingerprint density at radius 2 is 2.33 bits per heavy atom. The maximum absolute atomic E-state index is 12.0. The van der Waals surface area contributed by atoms with Crippen molar-refractivity contribution in [3.05, 3.63) is 29.3 Å². The minimum atomic E-state index is -0.476. The van der Waals surface area contributed by atoms with Crippen LogP contribution in [0.25, 0.3) is 0 Å². The fourth-order valence-corrected chi connectivity index (χ4v) is 2.57. The lowest BCUT2D eigenvalue weighted by molar-refractivity contribution is -0.148. The monoisotopic (exact) mass is 247 g/mol. The Kier molecular flexibility index (Phi) is 3.30. The molecular weight excluding hydrogens is 230 g/mol. The third-order valence-corrected chi connectivity index (χ3v) is 3.50. The van der Waals surface area contributed by atoms with Crippen LogP contribution < -0.4 is 10.1 Å². The minimum absolute atomic E-state index is 0.289. The summed E-state index contributed by atoms with van der Waals surface area (Å²) in [7, 11) is 0. The second-order valence-corrected chi connectivity index (χ2v) is 4.73. The van der Waals surface area contributed by atoms with E-state index in [2.05, 4.69) is 11.4 Å². The van der Waals surface area contributed by atoms with Crippen molar-refractivity contribution in [3.63, 3.8) is 0 Å². The summed E-state index contributed by atoms with van der Waals surface area (Å²) >= 11 is 0. The molecule has 1 aromatic rings. The lowest BCUT2D eigenvalue weighted by atomic mass is 10.1. The smallest absolute Gasteiger partial charge is 0.341 e. The average Bonchev–Trinajstić information content (AvgIpc) is 2.89. The number of aryl methyl sites for hydroxylation is 1. The number of ether oxygens (including phenoxy) is 2. The van der Waals surface area contributed by atoms with Crippen LogP contribution in [0.3, 0.4) is 0 Å². The minimum Gasteiger partial charge on any atom is -0.424 e. The van der Waals surface area contributed by atoms with Crippen LogP contribution in [0.4, 0.5) is 0 Å². The van der Waals surface area contributed by atoms with Gasteiger partial charge in [0.2, 0.25) is 0 Å². The Morgan fingerprint density at radius 3 is 3.17 bits per heavy atom. The van der Waals surface area contributed by atoms with Gasteiger partial charge in [-0.15, -0.1) is 0 Å². The molecule has 1 heterocycles. The highest BCUT2D eigenvalue weighted by Gasteiger charge is 2.25. The summed E-state index contributed by atoms with van der Waals surface area (Å²) in [6.07, 6.45) is 2.76. The molecule has 18 heavy (non-hydrogen) atoms. The van der Waals surface area contributed by atoms with Gasteiger partial charge >= 0.3 is 5.97 Å². The number of fused-ring (bicyclic) bond motifs is 1. The summed E-state index contributed by atoms with van der Waals surface area (Å²) in [5, 5.41) is 3.13. The highest BCUT2D eigenvalue weighted by molar-refractivity contribution is 5.78. The fourth-order valence-electron chi connectivity index (χ4n) is 2.57. The van der Waals surface area contributed by atoms with E-state index in [4.69, 9.17) is 9.47 Å². The molecular formula is C14H17NO3. The molecule has 96 valence electrons. The summed E-state index contributed by atoms with van der Waals surface area (Å²) in [4.78, 5) is 12.0. The van der Waals surface area contributed by atoms with Crippen LogP contribution in [-0.4, -0.2) is 31.8 Å². The average molecular weight is 247 g/mol.